The molecule has 3 nitrogen and oxygen atoms in total. The molecule has 2 rings (SSSR count). The number of nitrogens with two attached hydrogens (primary N) is 1. The number of nitrogens with zero attached hydrogens (tertiary/aromatic N) is 1. The van der Waals surface area contributed by atoms with E-state index in [1.807, 2.05) is 30.3 Å². The molecular weight excluding hydrogens is 176 g/mol. The minimum absolute atomic E-state index is 0.118. The van der Waals surface area contributed by atoms with Gasteiger partial charge in [0.15, 0.2) is 0 Å². The monoisotopic (exact) mass is 190 g/mol. The van der Waals surface area contributed by atoms with Crippen LogP contribution in [0.5, 0.6) is 0 Å². The van der Waals surface area contributed by atoms with Crippen molar-refractivity contribution in [1.82, 2.24) is 0 Å². The van der Waals surface area contributed by atoms with Crippen molar-refractivity contribution in [2.75, 3.05) is 11.4 Å². The van der Waals surface area contributed by atoms with E-state index in [9.17, 15) is 4.79 Å². The Morgan fingerprint density at radius 3 is 2.71 bits per heavy atom. The van der Waals surface area contributed by atoms with E-state index in [1.54, 1.807) is 4.90 Å². The summed E-state index contributed by atoms with van der Waals surface area (Å²) >= 11 is 0. The van der Waals surface area contributed by atoms with E-state index >= 15 is 0 Å². The summed E-state index contributed by atoms with van der Waals surface area (Å²) in [5.41, 5.74) is 6.78. The maximum Gasteiger partial charge on any atom is 0.227 e. The van der Waals surface area contributed by atoms with Gasteiger partial charge in [0.05, 0.1) is 0 Å². The van der Waals surface area contributed by atoms with Crippen LogP contribution < -0.4 is 10.6 Å². The summed E-state index contributed by atoms with van der Waals surface area (Å²) in [6.07, 6.45) is 1.37. The molecule has 0 bridgehead atoms. The lowest BCUT2D eigenvalue weighted by molar-refractivity contribution is -0.119. The molecule has 1 atom stereocenters. The van der Waals surface area contributed by atoms with Crippen LogP contribution in [0.15, 0.2) is 30.3 Å². The number of hydrogen-bond acceptors (Lipinski definition) is 2. The second kappa shape index (κ2) is 3.80. The Morgan fingerprint density at radius 2 is 2.00 bits per heavy atom. The Balaban J connectivity index is 2.20. The molecule has 1 fully saturated rings. The highest BCUT2D eigenvalue weighted by atomic mass is 16.2. The molecule has 0 aliphatic carbocycles. The molecule has 1 amide bonds. The van der Waals surface area contributed by atoms with Gasteiger partial charge in [-0.05, 0) is 18.6 Å². The van der Waals surface area contributed by atoms with Crippen LogP contribution >= 0.6 is 0 Å². The van der Waals surface area contributed by atoms with Crippen molar-refractivity contribution in [1.29, 1.82) is 0 Å². The molecule has 0 spiro atoms. The van der Waals surface area contributed by atoms with Crippen LogP contribution in [-0.4, -0.2) is 18.5 Å². The van der Waals surface area contributed by atoms with Crippen LogP contribution in [-0.2, 0) is 4.79 Å². The van der Waals surface area contributed by atoms with Crippen molar-refractivity contribution in [2.45, 2.75) is 18.9 Å². The number of carbonyl (C=O) groups is 1. The summed E-state index contributed by atoms with van der Waals surface area (Å²) in [6.45, 7) is 0.642. The third kappa shape index (κ3) is 1.77. The van der Waals surface area contributed by atoms with Gasteiger partial charge in [0, 0.05) is 24.7 Å². The lowest BCUT2D eigenvalue weighted by Crippen LogP contribution is -2.46. The smallest absolute Gasteiger partial charge is 0.227 e. The first-order valence-electron chi connectivity index (χ1n) is 4.88. The second-order valence-electron chi connectivity index (χ2n) is 3.64. The SMILES string of the molecule is N[C@H]1CCC(=O)N(c2ccccc2)C1. The van der Waals surface area contributed by atoms with E-state index in [-0.39, 0.29) is 11.9 Å². The van der Waals surface area contributed by atoms with E-state index in [0.717, 1.165) is 12.1 Å². The zero-order valence-electron chi connectivity index (χ0n) is 8.02. The highest BCUT2D eigenvalue weighted by Crippen LogP contribution is 2.19. The fraction of sp³-hybridized carbons (Fsp3) is 0.364. The number of hydrogen-bond donors (Lipinski definition) is 1. The van der Waals surface area contributed by atoms with Gasteiger partial charge in [-0.1, -0.05) is 18.2 Å². The predicted molar refractivity (Wildman–Crippen MR) is 56.0 cm³/mol. The Hall–Kier alpha value is -1.35. The lowest BCUT2D eigenvalue weighted by atomic mass is 10.1. The van der Waals surface area contributed by atoms with Crippen LogP contribution in [0.25, 0.3) is 0 Å². The summed E-state index contributed by atoms with van der Waals surface area (Å²) in [5.74, 6) is 0.179. The third-order valence-electron chi connectivity index (χ3n) is 2.51. The Bertz CT molecular complexity index is 323. The Kier molecular flexibility index (Phi) is 2.50. The minimum atomic E-state index is 0.118. The highest BCUT2D eigenvalue weighted by Gasteiger charge is 2.23. The predicted octanol–water partition coefficient (Wildman–Crippen LogP) is 1.14. The number of benzene rings is 1. The van der Waals surface area contributed by atoms with Gasteiger partial charge in [-0.15, -0.1) is 0 Å². The summed E-state index contributed by atoms with van der Waals surface area (Å²) in [4.78, 5) is 13.4. The van der Waals surface area contributed by atoms with Gasteiger partial charge >= 0.3 is 0 Å². The average molecular weight is 190 g/mol. The molecule has 1 aromatic rings. The molecule has 0 aromatic heterocycles. The van der Waals surface area contributed by atoms with Gasteiger partial charge in [-0.25, -0.2) is 0 Å². The van der Waals surface area contributed by atoms with Crippen LogP contribution in [0.3, 0.4) is 0 Å². The van der Waals surface area contributed by atoms with Gasteiger partial charge in [-0.2, -0.15) is 0 Å². The third-order valence-corrected chi connectivity index (χ3v) is 2.51. The fourth-order valence-corrected chi connectivity index (χ4v) is 1.73. The van der Waals surface area contributed by atoms with E-state index in [2.05, 4.69) is 0 Å². The van der Waals surface area contributed by atoms with Gasteiger partial charge in [-0.3, -0.25) is 4.79 Å². The summed E-state index contributed by atoms with van der Waals surface area (Å²) < 4.78 is 0. The summed E-state index contributed by atoms with van der Waals surface area (Å²) in [7, 11) is 0. The maximum atomic E-state index is 11.6. The van der Waals surface area contributed by atoms with Crippen LogP contribution in [0, 0.1) is 0 Å². The molecule has 0 unspecified atom stereocenters. The second-order valence-corrected chi connectivity index (χ2v) is 3.64. The van der Waals surface area contributed by atoms with Gasteiger partial charge < -0.3 is 10.6 Å². The number of carbonyl (C=O) groups excluding carboxylic acids is 1. The first-order valence-corrected chi connectivity index (χ1v) is 4.88. The molecule has 2 N–H and O–H groups in total. The van der Waals surface area contributed by atoms with Crippen molar-refractivity contribution in [3.05, 3.63) is 30.3 Å². The van der Waals surface area contributed by atoms with E-state index < -0.39 is 0 Å². The van der Waals surface area contributed by atoms with Crippen LogP contribution in [0.4, 0.5) is 5.69 Å². The van der Waals surface area contributed by atoms with E-state index in [0.29, 0.717) is 13.0 Å². The minimum Gasteiger partial charge on any atom is -0.326 e. The van der Waals surface area contributed by atoms with Gasteiger partial charge in [0.1, 0.15) is 0 Å². The molecule has 1 heterocycles. The fourth-order valence-electron chi connectivity index (χ4n) is 1.73. The molecule has 0 saturated carbocycles. The molecule has 1 aliphatic heterocycles. The van der Waals surface area contributed by atoms with Crippen LogP contribution in [0.1, 0.15) is 12.8 Å². The molecule has 1 aliphatic rings. The van der Waals surface area contributed by atoms with Gasteiger partial charge in [0.25, 0.3) is 0 Å². The number of para-hydroxylation sites is 1. The normalized spacial score (nSPS) is 22.5. The van der Waals surface area contributed by atoms with Crippen molar-refractivity contribution < 1.29 is 4.79 Å². The highest BCUT2D eigenvalue weighted by molar-refractivity contribution is 5.94. The topological polar surface area (TPSA) is 46.3 Å². The molecule has 1 aromatic carbocycles. The summed E-state index contributed by atoms with van der Waals surface area (Å²) in [5, 5.41) is 0. The molecule has 0 radical (unpaired) electrons. The maximum absolute atomic E-state index is 11.6. The summed E-state index contributed by atoms with van der Waals surface area (Å²) in [6, 6.07) is 9.81. The number of amides is 1. The number of rotatable bonds is 1. The molecule has 1 saturated heterocycles. The zero-order chi connectivity index (χ0) is 9.97. The Morgan fingerprint density at radius 1 is 1.29 bits per heavy atom. The van der Waals surface area contributed by atoms with Crippen molar-refractivity contribution in [2.24, 2.45) is 5.73 Å². The Labute approximate surface area is 83.5 Å². The molecule has 14 heavy (non-hydrogen) atoms. The lowest BCUT2D eigenvalue weighted by Gasteiger charge is -2.30. The van der Waals surface area contributed by atoms with E-state index in [1.165, 1.54) is 0 Å². The number of piperidine rings is 1. The quantitative estimate of drug-likeness (QED) is 0.721. The first kappa shape index (κ1) is 9.21. The standard InChI is InChI=1S/C11H14N2O/c12-9-6-7-11(14)13(8-9)10-4-2-1-3-5-10/h1-5,9H,6-8,12H2/t9-/m0/s1. The number of anilines is 1. The van der Waals surface area contributed by atoms with E-state index in [4.69, 9.17) is 5.73 Å². The van der Waals surface area contributed by atoms with Crippen LogP contribution in [0.2, 0.25) is 0 Å². The molecular formula is C11H14N2O. The zero-order valence-corrected chi connectivity index (χ0v) is 8.02. The average Bonchev–Trinajstić information content (AvgIpc) is 2.23. The first-order chi connectivity index (χ1) is 6.77. The van der Waals surface area contributed by atoms with Crippen molar-refractivity contribution in [3.8, 4) is 0 Å². The van der Waals surface area contributed by atoms with Crippen molar-refractivity contribution in [3.63, 3.8) is 0 Å². The molecule has 74 valence electrons. The largest absolute Gasteiger partial charge is 0.326 e. The molecule has 3 heteroatoms. The van der Waals surface area contributed by atoms with Gasteiger partial charge in [0.2, 0.25) is 5.91 Å². The van der Waals surface area contributed by atoms with Crippen molar-refractivity contribution >= 4 is 11.6 Å².